The first-order valence-corrected chi connectivity index (χ1v) is 9.28. The Balaban J connectivity index is 1.94. The van der Waals surface area contributed by atoms with Gasteiger partial charge in [0.1, 0.15) is 11.2 Å². The van der Waals surface area contributed by atoms with Crippen molar-refractivity contribution in [1.29, 1.82) is 0 Å². The smallest absolute Gasteiger partial charge is 0.320 e. The average Bonchev–Trinajstić information content (AvgIpc) is 3.17. The van der Waals surface area contributed by atoms with Crippen LogP contribution >= 0.6 is 23.1 Å². The highest BCUT2D eigenvalue weighted by atomic mass is 32.2. The van der Waals surface area contributed by atoms with Gasteiger partial charge in [-0.05, 0) is 23.6 Å². The highest BCUT2D eigenvalue weighted by Crippen LogP contribution is 2.41. The molecule has 0 saturated carbocycles. The number of carbonyl (C=O) groups excluding carboxylic acids is 1. The predicted molar refractivity (Wildman–Crippen MR) is 98.7 cm³/mol. The van der Waals surface area contributed by atoms with Gasteiger partial charge in [-0.25, -0.2) is 4.98 Å². The fraction of sp³-hybridized carbons (Fsp3) is 0.0588. The zero-order valence-electron chi connectivity index (χ0n) is 13.8. The van der Waals surface area contributed by atoms with Gasteiger partial charge >= 0.3 is 6.18 Å². The molecule has 2 aromatic heterocycles. The topological polar surface area (TPSA) is 85.1 Å². The van der Waals surface area contributed by atoms with Crippen molar-refractivity contribution >= 4 is 40.4 Å². The molecule has 0 aliphatic heterocycles. The lowest BCUT2D eigenvalue weighted by molar-refractivity contribution is -0.385. The van der Waals surface area contributed by atoms with E-state index in [9.17, 15) is 28.1 Å². The van der Waals surface area contributed by atoms with Crippen LogP contribution in [0.3, 0.4) is 0 Å². The molecule has 0 spiro atoms. The molecular weight excluding hydrogens is 415 g/mol. The summed E-state index contributed by atoms with van der Waals surface area (Å²) in [4.78, 5) is 26.5. The highest BCUT2D eigenvalue weighted by molar-refractivity contribution is 7.99. The van der Waals surface area contributed by atoms with Crippen LogP contribution in [-0.2, 0) is 6.18 Å². The van der Waals surface area contributed by atoms with Crippen LogP contribution in [0.2, 0.25) is 0 Å². The van der Waals surface area contributed by atoms with E-state index in [4.69, 9.17) is 0 Å². The van der Waals surface area contributed by atoms with E-state index in [-0.39, 0.29) is 0 Å². The molecule has 0 unspecified atom stereocenters. The lowest BCUT2D eigenvalue weighted by Crippen LogP contribution is -2.11. The van der Waals surface area contributed by atoms with Crippen LogP contribution in [0.4, 0.5) is 24.5 Å². The molecule has 0 bridgehead atoms. The van der Waals surface area contributed by atoms with E-state index >= 15 is 0 Å². The molecule has 6 nitrogen and oxygen atoms in total. The van der Waals surface area contributed by atoms with Crippen molar-refractivity contribution in [2.45, 2.75) is 16.1 Å². The summed E-state index contributed by atoms with van der Waals surface area (Å²) in [5.74, 6) is -0.393. The number of hydrogen-bond acceptors (Lipinski definition) is 6. The molecule has 0 aliphatic carbocycles. The van der Waals surface area contributed by atoms with E-state index in [0.717, 1.165) is 6.20 Å². The van der Waals surface area contributed by atoms with Gasteiger partial charge in [0.05, 0.1) is 21.1 Å². The number of halogens is 3. The first kappa shape index (κ1) is 19.8. The van der Waals surface area contributed by atoms with Crippen molar-refractivity contribution in [3.8, 4) is 0 Å². The number of thiophene rings is 1. The Morgan fingerprint density at radius 1 is 1.21 bits per heavy atom. The van der Waals surface area contributed by atoms with Crippen molar-refractivity contribution in [3.05, 3.63) is 74.6 Å². The number of hydrogen-bond donors (Lipinski definition) is 1. The number of nitrogens with one attached hydrogen (secondary N) is 1. The molecule has 1 aromatic carbocycles. The Bertz CT molecular complexity index is 1020. The number of nitrogens with zero attached hydrogens (tertiary/aromatic N) is 2. The lowest BCUT2D eigenvalue weighted by atomic mass is 10.2. The second-order valence-corrected chi connectivity index (χ2v) is 7.31. The van der Waals surface area contributed by atoms with Gasteiger partial charge in [0.2, 0.25) is 0 Å². The van der Waals surface area contributed by atoms with Crippen LogP contribution in [0, 0.1) is 10.1 Å². The minimum atomic E-state index is -4.82. The molecule has 144 valence electrons. The number of pyridine rings is 1. The largest absolute Gasteiger partial charge is 0.419 e. The molecule has 0 fully saturated rings. The zero-order valence-corrected chi connectivity index (χ0v) is 15.4. The molecule has 0 saturated heterocycles. The van der Waals surface area contributed by atoms with Crippen LogP contribution in [0.1, 0.15) is 15.2 Å². The van der Waals surface area contributed by atoms with Gasteiger partial charge in [0.15, 0.2) is 0 Å². The summed E-state index contributed by atoms with van der Waals surface area (Å²) in [6, 6.07) is 10.1. The zero-order chi connectivity index (χ0) is 20.3. The fourth-order valence-electron chi connectivity index (χ4n) is 2.18. The summed E-state index contributed by atoms with van der Waals surface area (Å²) in [7, 11) is 0. The number of alkyl halides is 3. The molecule has 0 radical (unpaired) electrons. The van der Waals surface area contributed by atoms with E-state index < -0.39 is 33.3 Å². The second-order valence-electron chi connectivity index (χ2n) is 5.33. The monoisotopic (exact) mass is 425 g/mol. The molecule has 0 atom stereocenters. The van der Waals surface area contributed by atoms with Gasteiger partial charge in [-0.15, -0.1) is 11.3 Å². The Morgan fingerprint density at radius 2 is 1.96 bits per heavy atom. The van der Waals surface area contributed by atoms with Crippen molar-refractivity contribution < 1.29 is 22.9 Å². The Morgan fingerprint density at radius 3 is 2.61 bits per heavy atom. The first-order chi connectivity index (χ1) is 13.3. The third-order valence-corrected chi connectivity index (χ3v) is 5.40. The third kappa shape index (κ3) is 4.49. The number of anilines is 1. The van der Waals surface area contributed by atoms with Crippen LogP contribution < -0.4 is 5.32 Å². The van der Waals surface area contributed by atoms with Crippen LogP contribution in [0.25, 0.3) is 0 Å². The first-order valence-electron chi connectivity index (χ1n) is 7.59. The Hall–Kier alpha value is -2.92. The Labute approximate surface area is 164 Å². The highest BCUT2D eigenvalue weighted by Gasteiger charge is 2.36. The van der Waals surface area contributed by atoms with Gasteiger partial charge in [-0.3, -0.25) is 14.9 Å². The molecule has 1 amide bonds. The number of rotatable bonds is 5. The summed E-state index contributed by atoms with van der Waals surface area (Å²) in [6.45, 7) is 0. The van der Waals surface area contributed by atoms with Crippen LogP contribution in [-0.4, -0.2) is 15.8 Å². The molecule has 3 aromatic rings. The van der Waals surface area contributed by atoms with Gasteiger partial charge in [0, 0.05) is 11.0 Å². The maximum atomic E-state index is 13.3. The van der Waals surface area contributed by atoms with E-state index in [1.165, 1.54) is 17.4 Å². The van der Waals surface area contributed by atoms with E-state index in [0.29, 0.717) is 33.3 Å². The van der Waals surface area contributed by atoms with Crippen LogP contribution in [0.15, 0.2) is 64.0 Å². The molecule has 3 rings (SSSR count). The van der Waals surface area contributed by atoms with E-state index in [1.807, 2.05) is 0 Å². The predicted octanol–water partition coefficient (Wildman–Crippen LogP) is 5.47. The van der Waals surface area contributed by atoms with Crippen molar-refractivity contribution in [2.24, 2.45) is 0 Å². The number of benzene rings is 1. The van der Waals surface area contributed by atoms with Crippen molar-refractivity contribution in [3.63, 3.8) is 0 Å². The molecule has 11 heteroatoms. The number of amides is 1. The SMILES string of the molecule is O=C(Nc1ccccc1Sc1ncc([N+](=O)[O-])cc1C(F)(F)F)c1cccs1. The van der Waals surface area contributed by atoms with E-state index in [1.54, 1.807) is 35.7 Å². The van der Waals surface area contributed by atoms with Gasteiger partial charge < -0.3 is 5.32 Å². The standard InChI is InChI=1S/C17H10F3N3O3S2/c18-17(19,20)11-8-10(23(25)26)9-21-16(11)28-13-5-2-1-4-12(13)22-15(24)14-6-3-7-27-14/h1-9H,(H,22,24). The second kappa shape index (κ2) is 7.98. The summed E-state index contributed by atoms with van der Waals surface area (Å²) < 4.78 is 40.0. The van der Waals surface area contributed by atoms with Crippen LogP contribution in [0.5, 0.6) is 0 Å². The number of carbonyl (C=O) groups is 1. The molecular formula is C17H10F3N3O3S2. The molecule has 2 heterocycles. The van der Waals surface area contributed by atoms with Gasteiger partial charge in [-0.2, -0.15) is 13.2 Å². The third-order valence-electron chi connectivity index (χ3n) is 3.44. The molecule has 28 heavy (non-hydrogen) atoms. The minimum Gasteiger partial charge on any atom is -0.320 e. The van der Waals surface area contributed by atoms with E-state index in [2.05, 4.69) is 10.3 Å². The average molecular weight is 425 g/mol. The van der Waals surface area contributed by atoms with Crippen molar-refractivity contribution in [1.82, 2.24) is 4.98 Å². The maximum absolute atomic E-state index is 13.3. The Kier molecular flexibility index (Phi) is 5.66. The number of aromatic nitrogens is 1. The molecule has 0 aliphatic rings. The number of para-hydroxylation sites is 1. The van der Waals surface area contributed by atoms with Gasteiger partial charge in [0.25, 0.3) is 11.6 Å². The maximum Gasteiger partial charge on any atom is 0.419 e. The van der Waals surface area contributed by atoms with Crippen molar-refractivity contribution in [2.75, 3.05) is 5.32 Å². The molecule has 1 N–H and O–H groups in total. The summed E-state index contributed by atoms with van der Waals surface area (Å²) in [6.07, 6.45) is -4.05. The van der Waals surface area contributed by atoms with Gasteiger partial charge in [-0.1, -0.05) is 30.0 Å². The normalized spacial score (nSPS) is 11.2. The number of nitro groups is 1. The quantitative estimate of drug-likeness (QED) is 0.433. The summed E-state index contributed by atoms with van der Waals surface area (Å²) in [5.41, 5.74) is -1.67. The summed E-state index contributed by atoms with van der Waals surface area (Å²) >= 11 is 1.89. The fourth-order valence-corrected chi connectivity index (χ4v) is 3.77. The summed E-state index contributed by atoms with van der Waals surface area (Å²) in [5, 5.41) is 14.7. The lowest BCUT2D eigenvalue weighted by Gasteiger charge is -2.13. The minimum absolute atomic E-state index is 0.305.